The van der Waals surface area contributed by atoms with E-state index < -0.39 is 0 Å². The highest BCUT2D eigenvalue weighted by Crippen LogP contribution is 2.42. The van der Waals surface area contributed by atoms with Gasteiger partial charge >= 0.3 is 0 Å². The number of furan rings is 2. The van der Waals surface area contributed by atoms with Gasteiger partial charge in [-0.2, -0.15) is 0 Å². The Labute approximate surface area is 361 Å². The van der Waals surface area contributed by atoms with Crippen molar-refractivity contribution in [2.75, 3.05) is 0 Å². The second-order valence-corrected chi connectivity index (χ2v) is 15.9. The molecule has 4 heterocycles. The van der Waals surface area contributed by atoms with E-state index in [4.69, 9.17) is 23.8 Å². The first-order chi connectivity index (χ1) is 31.2. The fraction of sp³-hybridized carbons (Fsp3) is 0. The molecule has 0 amide bonds. The Kier molecular flexibility index (Phi) is 7.80. The van der Waals surface area contributed by atoms with Gasteiger partial charge in [-0.1, -0.05) is 140 Å². The minimum Gasteiger partial charge on any atom is -0.456 e. The van der Waals surface area contributed by atoms with Gasteiger partial charge in [0.05, 0.1) is 16.7 Å². The summed E-state index contributed by atoms with van der Waals surface area (Å²) in [5, 5.41) is 6.52. The van der Waals surface area contributed by atoms with Crippen LogP contribution >= 0.6 is 0 Å². The predicted octanol–water partition coefficient (Wildman–Crippen LogP) is 15.1. The van der Waals surface area contributed by atoms with Gasteiger partial charge in [0.1, 0.15) is 22.3 Å². The fourth-order valence-corrected chi connectivity index (χ4v) is 9.34. The summed E-state index contributed by atoms with van der Waals surface area (Å²) in [5.74, 6) is 1.73. The molecule has 0 atom stereocenters. The van der Waals surface area contributed by atoms with Gasteiger partial charge < -0.3 is 13.4 Å². The number of aromatic nitrogens is 4. The first-order valence-electron chi connectivity index (χ1n) is 21.1. The van der Waals surface area contributed by atoms with Crippen LogP contribution in [0.15, 0.2) is 215 Å². The molecule has 0 aliphatic rings. The summed E-state index contributed by atoms with van der Waals surface area (Å²) >= 11 is 0. The van der Waals surface area contributed by atoms with E-state index in [0.29, 0.717) is 17.5 Å². The number of para-hydroxylation sites is 4. The zero-order chi connectivity index (χ0) is 41.4. The number of hydrogen-bond donors (Lipinski definition) is 0. The number of hydrogen-bond acceptors (Lipinski definition) is 5. The zero-order valence-electron chi connectivity index (χ0n) is 33.7. The van der Waals surface area contributed by atoms with E-state index in [1.54, 1.807) is 0 Å². The van der Waals surface area contributed by atoms with Gasteiger partial charge in [-0.25, -0.2) is 15.0 Å². The molecule has 0 radical (unpaired) electrons. The molecule has 0 saturated heterocycles. The topological polar surface area (TPSA) is 69.9 Å². The van der Waals surface area contributed by atoms with Crippen molar-refractivity contribution in [1.29, 1.82) is 0 Å². The quantitative estimate of drug-likeness (QED) is 0.167. The van der Waals surface area contributed by atoms with Crippen LogP contribution in [0.2, 0.25) is 0 Å². The minimum atomic E-state index is 0.568. The van der Waals surface area contributed by atoms with Gasteiger partial charge in [-0.3, -0.25) is 0 Å². The normalized spacial score (nSPS) is 11.8. The third kappa shape index (κ3) is 5.69. The Balaban J connectivity index is 0.997. The van der Waals surface area contributed by atoms with E-state index in [9.17, 15) is 0 Å². The lowest BCUT2D eigenvalue weighted by Crippen LogP contribution is -2.00. The van der Waals surface area contributed by atoms with Crippen LogP contribution in [0.4, 0.5) is 0 Å². The van der Waals surface area contributed by atoms with E-state index >= 15 is 0 Å². The monoisotopic (exact) mass is 806 g/mol. The zero-order valence-corrected chi connectivity index (χ0v) is 33.7. The Bertz CT molecular complexity index is 3860. The lowest BCUT2D eigenvalue weighted by Gasteiger charge is -2.15. The summed E-state index contributed by atoms with van der Waals surface area (Å²) in [6.07, 6.45) is 0. The molecule has 6 nitrogen and oxygen atoms in total. The summed E-state index contributed by atoms with van der Waals surface area (Å²) in [6, 6.07) is 71.6. The highest BCUT2D eigenvalue weighted by Gasteiger charge is 2.21. The van der Waals surface area contributed by atoms with E-state index in [0.717, 1.165) is 99.5 Å². The van der Waals surface area contributed by atoms with E-state index in [1.807, 2.05) is 48.5 Å². The molecule has 0 aliphatic carbocycles. The second-order valence-electron chi connectivity index (χ2n) is 15.9. The molecule has 63 heavy (non-hydrogen) atoms. The standard InChI is InChI=1S/C57H34N4O2/c1-2-13-35(14-3-1)36-25-27-37(28-26-36)55-58-56(38-29-31-51-45(33-38)43-18-7-11-23-50(43)62-51)60-57(59-55)39-30-32-52-46(34-39)54-44(19-12-24-53(54)63-52)42-17-6-10-22-49(42)61-47-20-8-4-15-40(47)41-16-5-9-21-48(41)61/h1-34H. The maximum atomic E-state index is 6.61. The van der Waals surface area contributed by atoms with Crippen molar-refractivity contribution >= 4 is 65.7 Å². The van der Waals surface area contributed by atoms with Gasteiger partial charge in [0, 0.05) is 54.6 Å². The number of benzene rings is 9. The van der Waals surface area contributed by atoms with Crippen LogP contribution < -0.4 is 0 Å². The molecular formula is C57H34N4O2. The average Bonchev–Trinajstić information content (AvgIpc) is 4.03. The first-order valence-corrected chi connectivity index (χ1v) is 21.1. The molecule has 0 spiro atoms. The van der Waals surface area contributed by atoms with Crippen molar-refractivity contribution in [3.05, 3.63) is 206 Å². The highest BCUT2D eigenvalue weighted by molar-refractivity contribution is 6.15. The molecular weight excluding hydrogens is 773 g/mol. The molecule has 4 aromatic heterocycles. The average molecular weight is 807 g/mol. The maximum absolute atomic E-state index is 6.61. The molecule has 294 valence electrons. The third-order valence-electron chi connectivity index (χ3n) is 12.3. The SMILES string of the molecule is c1ccc(-c2ccc(-c3nc(-c4ccc5oc6ccccc6c5c4)nc(-c4ccc5oc6cccc(-c7ccccc7-n7c8ccccc8c8ccccc87)c6c5c4)n3)cc2)cc1. The van der Waals surface area contributed by atoms with Crippen molar-refractivity contribution in [2.24, 2.45) is 0 Å². The highest BCUT2D eigenvalue weighted by atomic mass is 16.3. The molecule has 0 aliphatic heterocycles. The molecule has 0 saturated carbocycles. The third-order valence-corrected chi connectivity index (χ3v) is 12.3. The van der Waals surface area contributed by atoms with Crippen molar-refractivity contribution in [1.82, 2.24) is 19.5 Å². The van der Waals surface area contributed by atoms with Crippen LogP contribution in [0.3, 0.4) is 0 Å². The van der Waals surface area contributed by atoms with Crippen molar-refractivity contribution in [3.8, 4) is 62.1 Å². The Morgan fingerprint density at radius 1 is 0.302 bits per heavy atom. The number of nitrogens with zero attached hydrogens (tertiary/aromatic N) is 4. The Morgan fingerprint density at radius 2 is 0.778 bits per heavy atom. The molecule has 9 aromatic carbocycles. The Hall–Kier alpha value is -8.61. The smallest absolute Gasteiger partial charge is 0.164 e. The van der Waals surface area contributed by atoms with Crippen LogP contribution in [0.5, 0.6) is 0 Å². The van der Waals surface area contributed by atoms with E-state index in [2.05, 4.69) is 162 Å². The predicted molar refractivity (Wildman–Crippen MR) is 256 cm³/mol. The van der Waals surface area contributed by atoms with Crippen molar-refractivity contribution < 1.29 is 8.83 Å². The van der Waals surface area contributed by atoms with Gasteiger partial charge in [0.15, 0.2) is 17.5 Å². The molecule has 6 heteroatoms. The molecule has 0 fully saturated rings. The summed E-state index contributed by atoms with van der Waals surface area (Å²) in [6.45, 7) is 0. The van der Waals surface area contributed by atoms with Crippen molar-refractivity contribution in [2.45, 2.75) is 0 Å². The lowest BCUT2D eigenvalue weighted by molar-refractivity contribution is 0.668. The summed E-state index contributed by atoms with van der Waals surface area (Å²) in [4.78, 5) is 15.5. The fourth-order valence-electron chi connectivity index (χ4n) is 9.34. The second kappa shape index (κ2) is 14.0. The van der Waals surface area contributed by atoms with Crippen LogP contribution in [-0.2, 0) is 0 Å². The minimum absolute atomic E-state index is 0.568. The van der Waals surface area contributed by atoms with Gasteiger partial charge in [0.25, 0.3) is 0 Å². The molecule has 13 rings (SSSR count). The van der Waals surface area contributed by atoms with E-state index in [-0.39, 0.29) is 0 Å². The molecule has 0 N–H and O–H groups in total. The maximum Gasteiger partial charge on any atom is 0.164 e. The number of rotatable bonds is 6. The van der Waals surface area contributed by atoms with Crippen LogP contribution in [0.1, 0.15) is 0 Å². The van der Waals surface area contributed by atoms with Crippen LogP contribution in [0.25, 0.3) is 128 Å². The molecule has 0 unspecified atom stereocenters. The summed E-state index contributed by atoms with van der Waals surface area (Å²) in [7, 11) is 0. The number of fused-ring (bicyclic) bond motifs is 9. The van der Waals surface area contributed by atoms with Crippen molar-refractivity contribution in [3.63, 3.8) is 0 Å². The molecule has 0 bridgehead atoms. The first kappa shape index (κ1) is 35.2. The van der Waals surface area contributed by atoms with Gasteiger partial charge in [0.2, 0.25) is 0 Å². The largest absolute Gasteiger partial charge is 0.456 e. The van der Waals surface area contributed by atoms with Crippen LogP contribution in [-0.4, -0.2) is 19.5 Å². The van der Waals surface area contributed by atoms with Gasteiger partial charge in [-0.15, -0.1) is 0 Å². The summed E-state index contributed by atoms with van der Waals surface area (Å²) in [5.41, 5.74) is 13.8. The summed E-state index contributed by atoms with van der Waals surface area (Å²) < 4.78 is 15.2. The van der Waals surface area contributed by atoms with Gasteiger partial charge in [-0.05, 0) is 83.4 Å². The van der Waals surface area contributed by atoms with E-state index in [1.165, 1.54) is 10.8 Å². The lowest BCUT2D eigenvalue weighted by atomic mass is 9.97. The van der Waals surface area contributed by atoms with Crippen LogP contribution in [0, 0.1) is 0 Å². The Morgan fingerprint density at radius 3 is 1.51 bits per heavy atom. The molecule has 13 aromatic rings.